The van der Waals surface area contributed by atoms with Crippen molar-refractivity contribution in [3.05, 3.63) is 46.7 Å². The number of carbonyl (C=O) groups excluding carboxylic acids is 1. The first kappa shape index (κ1) is 22.9. The standard InChI is InChI=1S/C22H28N6O2S2/c1-14-5-6-19(7-15(14)2)28-13-23-26-22(28)32-12-20(29)25-21-24-18(11-31-21)10-27-8-16(3)30-17(4)9-27/h5-7,11,13,16-17H,8-10,12H2,1-4H3,(H,24,25,29). The fourth-order valence-corrected chi connectivity index (χ4v) is 5.19. The summed E-state index contributed by atoms with van der Waals surface area (Å²) in [5.74, 6) is 0.121. The summed E-state index contributed by atoms with van der Waals surface area (Å²) in [4.78, 5) is 19.4. The Morgan fingerprint density at radius 1 is 1.25 bits per heavy atom. The molecule has 0 spiro atoms. The Kier molecular flexibility index (Phi) is 7.24. The molecule has 8 nitrogen and oxygen atoms in total. The molecule has 3 aromatic rings. The zero-order valence-corrected chi connectivity index (χ0v) is 20.4. The molecule has 0 saturated carbocycles. The Labute approximate surface area is 196 Å². The van der Waals surface area contributed by atoms with Crippen molar-refractivity contribution < 1.29 is 9.53 Å². The van der Waals surface area contributed by atoms with Gasteiger partial charge in [0, 0.05) is 30.7 Å². The molecular weight excluding hydrogens is 444 g/mol. The van der Waals surface area contributed by atoms with Crippen LogP contribution < -0.4 is 5.32 Å². The molecule has 0 radical (unpaired) electrons. The predicted molar refractivity (Wildman–Crippen MR) is 128 cm³/mol. The van der Waals surface area contributed by atoms with Gasteiger partial charge >= 0.3 is 0 Å². The summed E-state index contributed by atoms with van der Waals surface area (Å²) in [5.41, 5.74) is 4.38. The minimum Gasteiger partial charge on any atom is -0.373 e. The van der Waals surface area contributed by atoms with Crippen LogP contribution in [0.4, 0.5) is 5.13 Å². The molecule has 1 aliphatic rings. The van der Waals surface area contributed by atoms with Gasteiger partial charge in [-0.3, -0.25) is 14.3 Å². The highest BCUT2D eigenvalue weighted by molar-refractivity contribution is 7.99. The lowest BCUT2D eigenvalue weighted by Gasteiger charge is -2.34. The number of aromatic nitrogens is 4. The van der Waals surface area contributed by atoms with Gasteiger partial charge in [0.15, 0.2) is 10.3 Å². The van der Waals surface area contributed by atoms with Gasteiger partial charge in [-0.05, 0) is 51.0 Å². The third kappa shape index (κ3) is 5.74. The van der Waals surface area contributed by atoms with Gasteiger partial charge in [0.05, 0.1) is 23.7 Å². The molecule has 0 aliphatic carbocycles. The number of hydrogen-bond acceptors (Lipinski definition) is 8. The predicted octanol–water partition coefficient (Wildman–Crippen LogP) is 3.68. The highest BCUT2D eigenvalue weighted by atomic mass is 32.2. The number of anilines is 1. The first-order valence-corrected chi connectivity index (χ1v) is 12.5. The van der Waals surface area contributed by atoms with E-state index in [0.29, 0.717) is 10.3 Å². The molecule has 1 fully saturated rings. The number of benzene rings is 1. The van der Waals surface area contributed by atoms with Gasteiger partial charge in [0.2, 0.25) is 5.91 Å². The molecule has 1 N–H and O–H groups in total. The van der Waals surface area contributed by atoms with Crippen molar-refractivity contribution in [2.24, 2.45) is 0 Å². The van der Waals surface area contributed by atoms with Crippen LogP contribution in [0.25, 0.3) is 5.69 Å². The van der Waals surface area contributed by atoms with Gasteiger partial charge in [-0.1, -0.05) is 17.8 Å². The number of amides is 1. The van der Waals surface area contributed by atoms with E-state index in [1.165, 1.54) is 34.2 Å². The lowest BCUT2D eigenvalue weighted by molar-refractivity contribution is -0.113. The number of aryl methyl sites for hydroxylation is 2. The molecule has 0 bridgehead atoms. The average Bonchev–Trinajstić information content (AvgIpc) is 3.37. The van der Waals surface area contributed by atoms with Crippen LogP contribution >= 0.6 is 23.1 Å². The van der Waals surface area contributed by atoms with E-state index < -0.39 is 0 Å². The SMILES string of the molecule is Cc1ccc(-n2cnnc2SCC(=O)Nc2nc(CN3CC(C)OC(C)C3)cs2)cc1C. The minimum absolute atomic E-state index is 0.112. The van der Waals surface area contributed by atoms with Crippen LogP contribution in [0.1, 0.15) is 30.7 Å². The van der Waals surface area contributed by atoms with E-state index in [1.54, 1.807) is 6.33 Å². The van der Waals surface area contributed by atoms with E-state index in [9.17, 15) is 4.79 Å². The van der Waals surface area contributed by atoms with Crippen LogP contribution in [-0.2, 0) is 16.1 Å². The van der Waals surface area contributed by atoms with Gasteiger partial charge in [0.1, 0.15) is 6.33 Å². The quantitative estimate of drug-likeness (QED) is 0.525. The first-order valence-electron chi connectivity index (χ1n) is 10.6. The Hall–Kier alpha value is -2.27. The van der Waals surface area contributed by atoms with E-state index in [2.05, 4.69) is 65.2 Å². The maximum atomic E-state index is 12.5. The average molecular weight is 473 g/mol. The highest BCUT2D eigenvalue weighted by Crippen LogP contribution is 2.23. The molecule has 1 saturated heterocycles. The zero-order chi connectivity index (χ0) is 22.7. The van der Waals surface area contributed by atoms with Crippen molar-refractivity contribution in [3.8, 4) is 5.69 Å². The number of thioether (sulfide) groups is 1. The maximum absolute atomic E-state index is 12.5. The van der Waals surface area contributed by atoms with Crippen LogP contribution in [0.3, 0.4) is 0 Å². The summed E-state index contributed by atoms with van der Waals surface area (Å²) < 4.78 is 7.69. The Morgan fingerprint density at radius 2 is 2.03 bits per heavy atom. The number of carbonyl (C=O) groups is 1. The van der Waals surface area contributed by atoms with Crippen molar-refractivity contribution in [1.82, 2.24) is 24.6 Å². The number of nitrogens with zero attached hydrogens (tertiary/aromatic N) is 5. The number of rotatable bonds is 7. The molecule has 4 rings (SSSR count). The molecule has 1 aromatic carbocycles. The van der Waals surface area contributed by atoms with E-state index in [4.69, 9.17) is 4.74 Å². The molecule has 1 aliphatic heterocycles. The second-order valence-corrected chi connectivity index (χ2v) is 9.98. The fraction of sp³-hybridized carbons (Fsp3) is 0.455. The van der Waals surface area contributed by atoms with E-state index in [1.807, 2.05) is 16.0 Å². The van der Waals surface area contributed by atoms with Gasteiger partial charge in [-0.2, -0.15) is 0 Å². The van der Waals surface area contributed by atoms with E-state index in [-0.39, 0.29) is 23.9 Å². The van der Waals surface area contributed by atoms with Crippen molar-refractivity contribution in [2.45, 2.75) is 51.6 Å². The minimum atomic E-state index is -0.112. The second-order valence-electron chi connectivity index (χ2n) is 8.18. The molecule has 2 atom stereocenters. The van der Waals surface area contributed by atoms with Gasteiger partial charge in [0.25, 0.3) is 0 Å². The largest absolute Gasteiger partial charge is 0.373 e. The number of hydrogen-bond donors (Lipinski definition) is 1. The maximum Gasteiger partial charge on any atom is 0.236 e. The number of morpholine rings is 1. The third-order valence-electron chi connectivity index (χ3n) is 5.30. The molecular formula is C22H28N6O2S2. The van der Waals surface area contributed by atoms with Crippen LogP contribution in [0.15, 0.2) is 35.1 Å². The monoisotopic (exact) mass is 472 g/mol. The van der Waals surface area contributed by atoms with E-state index in [0.717, 1.165) is 31.0 Å². The Morgan fingerprint density at radius 3 is 2.78 bits per heavy atom. The van der Waals surface area contributed by atoms with Crippen LogP contribution in [0.2, 0.25) is 0 Å². The fourth-order valence-electron chi connectivity index (χ4n) is 3.74. The lowest BCUT2D eigenvalue weighted by atomic mass is 10.1. The molecule has 170 valence electrons. The van der Waals surface area contributed by atoms with Gasteiger partial charge < -0.3 is 10.1 Å². The molecule has 10 heteroatoms. The van der Waals surface area contributed by atoms with Crippen molar-refractivity contribution in [1.29, 1.82) is 0 Å². The number of ether oxygens (including phenoxy) is 1. The number of thiazole rings is 1. The summed E-state index contributed by atoms with van der Waals surface area (Å²) in [5, 5.41) is 14.4. The van der Waals surface area contributed by atoms with Crippen molar-refractivity contribution in [3.63, 3.8) is 0 Å². The highest BCUT2D eigenvalue weighted by Gasteiger charge is 2.23. The van der Waals surface area contributed by atoms with Crippen LogP contribution in [0, 0.1) is 13.8 Å². The smallest absolute Gasteiger partial charge is 0.236 e. The summed E-state index contributed by atoms with van der Waals surface area (Å²) in [7, 11) is 0. The number of nitrogens with one attached hydrogen (secondary N) is 1. The van der Waals surface area contributed by atoms with Crippen LogP contribution in [0.5, 0.6) is 0 Å². The van der Waals surface area contributed by atoms with Crippen LogP contribution in [-0.4, -0.2) is 61.6 Å². The Bertz CT molecular complexity index is 1070. The summed E-state index contributed by atoms with van der Waals surface area (Å²) >= 11 is 2.80. The van der Waals surface area contributed by atoms with Gasteiger partial charge in [-0.15, -0.1) is 21.5 Å². The summed E-state index contributed by atoms with van der Waals surface area (Å²) in [6.07, 6.45) is 2.11. The van der Waals surface area contributed by atoms with Gasteiger partial charge in [-0.25, -0.2) is 4.98 Å². The molecule has 2 unspecified atom stereocenters. The molecule has 2 aromatic heterocycles. The molecule has 1 amide bonds. The normalized spacial score (nSPS) is 19.2. The zero-order valence-electron chi connectivity index (χ0n) is 18.7. The third-order valence-corrected chi connectivity index (χ3v) is 7.05. The van der Waals surface area contributed by atoms with Crippen molar-refractivity contribution >= 4 is 34.1 Å². The summed E-state index contributed by atoms with van der Waals surface area (Å²) in [6.45, 7) is 10.9. The Balaban J connectivity index is 1.31. The molecule has 32 heavy (non-hydrogen) atoms. The second kappa shape index (κ2) is 10.1. The summed E-state index contributed by atoms with van der Waals surface area (Å²) in [6, 6.07) is 6.20. The first-order chi connectivity index (χ1) is 15.4. The van der Waals surface area contributed by atoms with Crippen molar-refractivity contribution in [2.75, 3.05) is 24.2 Å². The molecule has 3 heterocycles. The van der Waals surface area contributed by atoms with E-state index >= 15 is 0 Å². The lowest BCUT2D eigenvalue weighted by Crippen LogP contribution is -2.44. The topological polar surface area (TPSA) is 85.2 Å².